The van der Waals surface area contributed by atoms with Gasteiger partial charge in [-0.25, -0.2) is 8.42 Å². The standard InChI is InChI=1S/C20H15NO3S/c22-25(23,14-8-2-1-3-9-14)21-17-12-6-4-10-15(17)20-19(21)16-11-5-7-13-18(16)24-20/h1-13,19-20H. The van der Waals surface area contributed by atoms with Crippen LogP contribution in [0.15, 0.2) is 83.8 Å². The van der Waals surface area contributed by atoms with Crippen LogP contribution in [0.2, 0.25) is 0 Å². The maximum atomic E-state index is 13.4. The molecule has 124 valence electrons. The van der Waals surface area contributed by atoms with Crippen molar-refractivity contribution in [3.8, 4) is 5.75 Å². The van der Waals surface area contributed by atoms with E-state index in [0.717, 1.165) is 16.9 Å². The van der Waals surface area contributed by atoms with Crippen LogP contribution in [-0.4, -0.2) is 8.42 Å². The maximum Gasteiger partial charge on any atom is 0.265 e. The summed E-state index contributed by atoms with van der Waals surface area (Å²) in [6, 6.07) is 23.4. The Morgan fingerprint density at radius 2 is 1.40 bits per heavy atom. The molecular formula is C20H15NO3S. The topological polar surface area (TPSA) is 46.6 Å². The van der Waals surface area contributed by atoms with E-state index in [4.69, 9.17) is 4.74 Å². The second-order valence-corrected chi connectivity index (χ2v) is 8.01. The summed E-state index contributed by atoms with van der Waals surface area (Å²) in [5.41, 5.74) is 2.50. The van der Waals surface area contributed by atoms with Crippen molar-refractivity contribution in [2.45, 2.75) is 17.0 Å². The first-order valence-corrected chi connectivity index (χ1v) is 9.56. The van der Waals surface area contributed by atoms with E-state index in [0.29, 0.717) is 5.69 Å². The third-order valence-corrected chi connectivity index (χ3v) is 6.62. The Morgan fingerprint density at radius 1 is 0.760 bits per heavy atom. The largest absolute Gasteiger partial charge is 0.483 e. The highest BCUT2D eigenvalue weighted by Gasteiger charge is 2.51. The van der Waals surface area contributed by atoms with Crippen LogP contribution in [-0.2, 0) is 10.0 Å². The summed E-state index contributed by atoms with van der Waals surface area (Å²) < 4.78 is 34.5. The molecule has 25 heavy (non-hydrogen) atoms. The van der Waals surface area contributed by atoms with Gasteiger partial charge in [-0.05, 0) is 24.3 Å². The van der Waals surface area contributed by atoms with E-state index in [9.17, 15) is 8.42 Å². The molecule has 5 rings (SSSR count). The van der Waals surface area contributed by atoms with Gasteiger partial charge in [-0.2, -0.15) is 0 Å². The number of sulfonamides is 1. The number of hydrogen-bond donors (Lipinski definition) is 0. The molecule has 0 amide bonds. The number of rotatable bonds is 2. The molecule has 0 bridgehead atoms. The quantitative estimate of drug-likeness (QED) is 0.701. The Labute approximate surface area is 146 Å². The van der Waals surface area contributed by atoms with Crippen molar-refractivity contribution in [2.75, 3.05) is 4.31 Å². The molecule has 2 aliphatic heterocycles. The predicted molar refractivity (Wildman–Crippen MR) is 95.1 cm³/mol. The maximum absolute atomic E-state index is 13.4. The lowest BCUT2D eigenvalue weighted by atomic mass is 10.0. The van der Waals surface area contributed by atoms with Crippen LogP contribution < -0.4 is 9.04 Å². The zero-order valence-electron chi connectivity index (χ0n) is 13.2. The number of ether oxygens (including phenoxy) is 1. The first kappa shape index (κ1) is 14.5. The molecule has 3 aromatic carbocycles. The minimum Gasteiger partial charge on any atom is -0.483 e. The molecule has 2 unspecified atom stereocenters. The molecule has 3 aromatic rings. The van der Waals surface area contributed by atoms with Crippen LogP contribution in [0.4, 0.5) is 5.69 Å². The van der Waals surface area contributed by atoms with Crippen molar-refractivity contribution in [3.63, 3.8) is 0 Å². The molecule has 0 radical (unpaired) electrons. The fraction of sp³-hybridized carbons (Fsp3) is 0.100. The van der Waals surface area contributed by atoms with Crippen LogP contribution in [0.5, 0.6) is 5.75 Å². The highest BCUT2D eigenvalue weighted by atomic mass is 32.2. The first-order valence-electron chi connectivity index (χ1n) is 8.12. The Kier molecular flexibility index (Phi) is 2.97. The second kappa shape index (κ2) is 5.10. The summed E-state index contributed by atoms with van der Waals surface area (Å²) in [5, 5.41) is 0. The van der Waals surface area contributed by atoms with Gasteiger partial charge in [0.2, 0.25) is 0 Å². The average Bonchev–Trinajstić information content (AvgIpc) is 3.17. The fourth-order valence-corrected chi connectivity index (χ4v) is 5.42. The average molecular weight is 349 g/mol. The molecule has 2 heterocycles. The van der Waals surface area contributed by atoms with Gasteiger partial charge in [0.15, 0.2) is 6.10 Å². The van der Waals surface area contributed by atoms with E-state index >= 15 is 0 Å². The summed E-state index contributed by atoms with van der Waals surface area (Å²) in [6.45, 7) is 0. The van der Waals surface area contributed by atoms with Crippen molar-refractivity contribution >= 4 is 15.7 Å². The van der Waals surface area contributed by atoms with Crippen molar-refractivity contribution in [1.82, 2.24) is 0 Å². The SMILES string of the molecule is O=S(=O)(c1ccccc1)N1c2ccccc2C2Oc3ccccc3C21. The van der Waals surface area contributed by atoms with Gasteiger partial charge >= 0.3 is 0 Å². The first-order chi connectivity index (χ1) is 12.2. The third kappa shape index (κ3) is 1.96. The van der Waals surface area contributed by atoms with Crippen LogP contribution in [0, 0.1) is 0 Å². The van der Waals surface area contributed by atoms with Crippen molar-refractivity contribution in [1.29, 1.82) is 0 Å². The molecule has 0 aliphatic carbocycles. The van der Waals surface area contributed by atoms with Gasteiger partial charge in [-0.3, -0.25) is 4.31 Å². The minimum absolute atomic E-state index is 0.287. The van der Waals surface area contributed by atoms with Gasteiger partial charge in [0.05, 0.1) is 10.6 Å². The number of anilines is 1. The third-order valence-electron chi connectivity index (χ3n) is 4.81. The summed E-state index contributed by atoms with van der Waals surface area (Å²) in [7, 11) is -3.70. The molecule has 0 N–H and O–H groups in total. The predicted octanol–water partition coefficient (Wildman–Crippen LogP) is 4.07. The number of nitrogens with zero attached hydrogens (tertiary/aromatic N) is 1. The summed E-state index contributed by atoms with van der Waals surface area (Å²) in [6.07, 6.45) is -0.313. The number of hydrogen-bond acceptors (Lipinski definition) is 3. The van der Waals surface area contributed by atoms with Gasteiger partial charge < -0.3 is 4.74 Å². The van der Waals surface area contributed by atoms with Crippen molar-refractivity contribution < 1.29 is 13.2 Å². The van der Waals surface area contributed by atoms with E-state index in [1.807, 2.05) is 54.6 Å². The van der Waals surface area contributed by atoms with Crippen LogP contribution in [0.1, 0.15) is 23.3 Å². The molecule has 2 atom stereocenters. The lowest BCUT2D eigenvalue weighted by Crippen LogP contribution is -2.32. The number of para-hydroxylation sites is 2. The van der Waals surface area contributed by atoms with Crippen LogP contribution in [0.25, 0.3) is 0 Å². The Morgan fingerprint density at radius 3 is 2.20 bits per heavy atom. The van der Waals surface area contributed by atoms with Crippen LogP contribution >= 0.6 is 0 Å². The summed E-state index contributed by atoms with van der Waals surface area (Å²) in [5.74, 6) is 0.750. The summed E-state index contributed by atoms with van der Waals surface area (Å²) >= 11 is 0. The lowest BCUT2D eigenvalue weighted by molar-refractivity contribution is 0.224. The van der Waals surface area contributed by atoms with E-state index < -0.39 is 10.0 Å². The Bertz CT molecular complexity index is 1060. The molecule has 0 aromatic heterocycles. The van der Waals surface area contributed by atoms with Gasteiger partial charge in [0, 0.05) is 11.1 Å². The van der Waals surface area contributed by atoms with Gasteiger partial charge in [-0.15, -0.1) is 0 Å². The number of fused-ring (bicyclic) bond motifs is 5. The molecule has 0 fully saturated rings. The van der Waals surface area contributed by atoms with Crippen LogP contribution in [0.3, 0.4) is 0 Å². The molecule has 0 saturated carbocycles. The van der Waals surface area contributed by atoms with Crippen molar-refractivity contribution in [3.05, 3.63) is 90.0 Å². The highest BCUT2D eigenvalue weighted by Crippen LogP contribution is 2.57. The zero-order chi connectivity index (χ0) is 17.0. The Hall–Kier alpha value is -2.79. The van der Waals surface area contributed by atoms with E-state index in [-0.39, 0.29) is 17.0 Å². The monoisotopic (exact) mass is 349 g/mol. The van der Waals surface area contributed by atoms with Gasteiger partial charge in [-0.1, -0.05) is 54.6 Å². The lowest BCUT2D eigenvalue weighted by Gasteiger charge is -2.25. The Balaban J connectivity index is 1.75. The second-order valence-electron chi connectivity index (χ2n) is 6.19. The molecule has 0 saturated heterocycles. The van der Waals surface area contributed by atoms with Gasteiger partial charge in [0.1, 0.15) is 11.8 Å². The molecular weight excluding hydrogens is 334 g/mol. The van der Waals surface area contributed by atoms with E-state index in [1.165, 1.54) is 4.31 Å². The highest BCUT2D eigenvalue weighted by molar-refractivity contribution is 7.92. The molecule has 0 spiro atoms. The van der Waals surface area contributed by atoms with E-state index in [2.05, 4.69) is 0 Å². The molecule has 2 aliphatic rings. The molecule has 4 nitrogen and oxygen atoms in total. The zero-order valence-corrected chi connectivity index (χ0v) is 14.1. The normalized spacial score (nSPS) is 20.6. The fourth-order valence-electron chi connectivity index (χ4n) is 3.74. The molecule has 5 heteroatoms. The minimum atomic E-state index is -3.70. The van der Waals surface area contributed by atoms with E-state index in [1.54, 1.807) is 24.3 Å². The van der Waals surface area contributed by atoms with Crippen molar-refractivity contribution in [2.24, 2.45) is 0 Å². The summed E-state index contributed by atoms with van der Waals surface area (Å²) in [4.78, 5) is 0.287. The smallest absolute Gasteiger partial charge is 0.265 e. The van der Waals surface area contributed by atoms with Gasteiger partial charge in [0.25, 0.3) is 10.0 Å². The number of benzene rings is 3.